The van der Waals surface area contributed by atoms with Gasteiger partial charge in [0.2, 0.25) is 0 Å². The Morgan fingerprint density at radius 3 is 1.18 bits per heavy atom. The third-order valence-electron chi connectivity index (χ3n) is 8.63. The standard InChI is InChI=1S/C22H30N4O.C19H24N2O/c1-22(2,3)17-5-7-18(8-6-17)23-21(27)24-19-9-11-20(12-10-19)26-15-13-25(4)14-16-26;1-5-14-6-10-16(11-7-14)20-18(22)21-17-12-8-15(9-13-17)19(2,3)4/h5-12H,13-16H2,1-4H3,(H2,23,24,27);6-13H,5H2,1-4H3,(H2,20,21,22). The van der Waals surface area contributed by atoms with Crippen LogP contribution in [0.1, 0.15) is 65.2 Å². The largest absolute Gasteiger partial charge is 0.369 e. The van der Waals surface area contributed by atoms with E-state index in [0.717, 1.165) is 55.3 Å². The fraction of sp³-hybridized carbons (Fsp3) is 0.366. The second-order valence-corrected chi connectivity index (χ2v) is 14.7. The zero-order chi connectivity index (χ0) is 35.6. The maximum absolute atomic E-state index is 12.2. The minimum atomic E-state index is -0.231. The summed E-state index contributed by atoms with van der Waals surface area (Å²) < 4.78 is 0. The summed E-state index contributed by atoms with van der Waals surface area (Å²) in [6.07, 6.45) is 0.993. The van der Waals surface area contributed by atoms with Gasteiger partial charge < -0.3 is 31.1 Å². The van der Waals surface area contributed by atoms with Crippen LogP contribution in [0.15, 0.2) is 97.1 Å². The maximum Gasteiger partial charge on any atom is 0.323 e. The van der Waals surface area contributed by atoms with Crippen molar-refractivity contribution in [2.24, 2.45) is 0 Å². The van der Waals surface area contributed by atoms with Gasteiger partial charge in [0.1, 0.15) is 0 Å². The summed E-state index contributed by atoms with van der Waals surface area (Å²) in [5.74, 6) is 0. The molecule has 4 aromatic rings. The number of hydrogen-bond donors (Lipinski definition) is 4. The minimum absolute atomic E-state index is 0.103. The fourth-order valence-electron chi connectivity index (χ4n) is 5.34. The van der Waals surface area contributed by atoms with Crippen LogP contribution in [0.25, 0.3) is 0 Å². The third-order valence-corrected chi connectivity index (χ3v) is 8.63. The number of carbonyl (C=O) groups is 2. The molecule has 0 aliphatic carbocycles. The van der Waals surface area contributed by atoms with Crippen LogP contribution in [0.2, 0.25) is 0 Å². The van der Waals surface area contributed by atoms with Crippen LogP contribution in [0, 0.1) is 0 Å². The van der Waals surface area contributed by atoms with Crippen molar-refractivity contribution < 1.29 is 9.59 Å². The van der Waals surface area contributed by atoms with Crippen LogP contribution in [-0.4, -0.2) is 50.2 Å². The van der Waals surface area contributed by atoms with Crippen LogP contribution < -0.4 is 26.2 Å². The molecule has 1 aliphatic rings. The first-order valence-electron chi connectivity index (χ1n) is 17.2. The molecule has 0 aromatic heterocycles. The van der Waals surface area contributed by atoms with Crippen LogP contribution in [0.5, 0.6) is 0 Å². The molecule has 1 aliphatic heterocycles. The smallest absolute Gasteiger partial charge is 0.323 e. The normalized spacial score (nSPS) is 13.5. The van der Waals surface area contributed by atoms with E-state index in [1.807, 2.05) is 72.8 Å². The predicted octanol–water partition coefficient (Wildman–Crippen LogP) is 9.57. The van der Waals surface area contributed by atoms with E-state index in [0.29, 0.717) is 0 Å². The maximum atomic E-state index is 12.2. The summed E-state index contributed by atoms with van der Waals surface area (Å²) in [5, 5.41) is 11.5. The molecule has 0 atom stereocenters. The van der Waals surface area contributed by atoms with Crippen molar-refractivity contribution in [1.82, 2.24) is 4.90 Å². The van der Waals surface area contributed by atoms with Crippen LogP contribution in [0.4, 0.5) is 38.0 Å². The van der Waals surface area contributed by atoms with E-state index in [1.54, 1.807) is 0 Å². The molecule has 260 valence electrons. The van der Waals surface area contributed by atoms with E-state index in [2.05, 4.69) is 111 Å². The Hall–Kier alpha value is -4.82. The zero-order valence-corrected chi connectivity index (χ0v) is 30.5. The summed E-state index contributed by atoms with van der Waals surface area (Å²) in [7, 11) is 2.15. The summed E-state index contributed by atoms with van der Waals surface area (Å²) in [5.41, 5.74) is 8.31. The van der Waals surface area contributed by atoms with E-state index in [9.17, 15) is 9.59 Å². The number of urea groups is 2. The van der Waals surface area contributed by atoms with Crippen molar-refractivity contribution in [1.29, 1.82) is 0 Å². The monoisotopic (exact) mass is 662 g/mol. The first-order chi connectivity index (χ1) is 23.2. The molecule has 5 rings (SSSR count). The molecule has 0 unspecified atom stereocenters. The van der Waals surface area contributed by atoms with Gasteiger partial charge in [0.05, 0.1) is 0 Å². The van der Waals surface area contributed by atoms with Crippen LogP contribution >= 0.6 is 0 Å². The number of nitrogens with one attached hydrogen (secondary N) is 4. The van der Waals surface area contributed by atoms with E-state index in [1.165, 1.54) is 22.4 Å². The average molecular weight is 663 g/mol. The summed E-state index contributed by atoms with van der Waals surface area (Å²) in [6.45, 7) is 19.4. The van der Waals surface area contributed by atoms with Gasteiger partial charge in [-0.2, -0.15) is 0 Å². The lowest BCUT2D eigenvalue weighted by Gasteiger charge is -2.34. The Morgan fingerprint density at radius 1 is 0.531 bits per heavy atom. The summed E-state index contributed by atoms with van der Waals surface area (Å²) >= 11 is 0. The quantitative estimate of drug-likeness (QED) is 0.166. The van der Waals surface area contributed by atoms with Gasteiger partial charge in [0, 0.05) is 54.6 Å². The lowest BCUT2D eigenvalue weighted by atomic mass is 9.87. The number of carbonyl (C=O) groups excluding carboxylic acids is 2. The number of amides is 4. The van der Waals surface area contributed by atoms with Crippen molar-refractivity contribution >= 4 is 40.5 Å². The Labute approximate surface area is 293 Å². The Balaban J connectivity index is 0.000000226. The van der Waals surface area contributed by atoms with Gasteiger partial charge in [-0.3, -0.25) is 0 Å². The van der Waals surface area contributed by atoms with Crippen molar-refractivity contribution in [3.05, 3.63) is 114 Å². The number of benzene rings is 4. The van der Waals surface area contributed by atoms with Crippen molar-refractivity contribution in [2.45, 2.75) is 65.7 Å². The fourth-order valence-corrected chi connectivity index (χ4v) is 5.34. The number of hydrogen-bond acceptors (Lipinski definition) is 4. The molecule has 1 heterocycles. The highest BCUT2D eigenvalue weighted by molar-refractivity contribution is 6.00. The second kappa shape index (κ2) is 16.5. The van der Waals surface area contributed by atoms with Gasteiger partial charge in [-0.25, -0.2) is 9.59 Å². The molecule has 1 saturated heterocycles. The first-order valence-corrected chi connectivity index (χ1v) is 17.2. The van der Waals surface area contributed by atoms with Gasteiger partial charge in [-0.1, -0.05) is 84.9 Å². The van der Waals surface area contributed by atoms with Crippen molar-refractivity contribution in [2.75, 3.05) is 59.4 Å². The number of piperazine rings is 1. The van der Waals surface area contributed by atoms with Crippen LogP contribution in [-0.2, 0) is 17.3 Å². The van der Waals surface area contributed by atoms with Gasteiger partial charge >= 0.3 is 12.1 Å². The molecule has 4 aromatic carbocycles. The van der Waals surface area contributed by atoms with E-state index in [4.69, 9.17) is 0 Å². The lowest BCUT2D eigenvalue weighted by molar-refractivity contribution is 0.261. The molecule has 49 heavy (non-hydrogen) atoms. The zero-order valence-electron chi connectivity index (χ0n) is 30.5. The van der Waals surface area contributed by atoms with Crippen molar-refractivity contribution in [3.63, 3.8) is 0 Å². The Kier molecular flexibility index (Phi) is 12.5. The van der Waals surface area contributed by atoms with Gasteiger partial charge in [-0.15, -0.1) is 0 Å². The van der Waals surface area contributed by atoms with Crippen molar-refractivity contribution in [3.8, 4) is 0 Å². The number of rotatable bonds is 6. The number of aryl methyl sites for hydroxylation is 1. The van der Waals surface area contributed by atoms with Crippen LogP contribution in [0.3, 0.4) is 0 Å². The number of nitrogens with zero attached hydrogens (tertiary/aromatic N) is 2. The number of likely N-dealkylation sites (N-methyl/N-ethyl adjacent to an activating group) is 1. The van der Waals surface area contributed by atoms with E-state index >= 15 is 0 Å². The minimum Gasteiger partial charge on any atom is -0.369 e. The molecule has 0 spiro atoms. The molecular formula is C41H54N6O2. The summed E-state index contributed by atoms with van der Waals surface area (Å²) in [6, 6.07) is 31.4. The molecule has 1 fully saturated rings. The Bertz CT molecular complexity index is 1630. The van der Waals surface area contributed by atoms with E-state index in [-0.39, 0.29) is 22.9 Å². The van der Waals surface area contributed by atoms with Gasteiger partial charge in [0.25, 0.3) is 0 Å². The highest BCUT2D eigenvalue weighted by atomic mass is 16.2. The van der Waals surface area contributed by atoms with Gasteiger partial charge in [-0.05, 0) is 102 Å². The highest BCUT2D eigenvalue weighted by Crippen LogP contribution is 2.25. The molecule has 0 saturated carbocycles. The molecule has 4 N–H and O–H groups in total. The SMILES string of the molecule is CCc1ccc(NC(=O)Nc2ccc(C(C)(C)C)cc2)cc1.CN1CCN(c2ccc(NC(=O)Nc3ccc(C(C)(C)C)cc3)cc2)CC1. The predicted molar refractivity (Wildman–Crippen MR) is 208 cm³/mol. The lowest BCUT2D eigenvalue weighted by Crippen LogP contribution is -2.44. The molecule has 8 heteroatoms. The first kappa shape index (κ1) is 37.0. The van der Waals surface area contributed by atoms with Gasteiger partial charge in [0.15, 0.2) is 0 Å². The molecule has 0 radical (unpaired) electrons. The Morgan fingerprint density at radius 2 is 0.857 bits per heavy atom. The second-order valence-electron chi connectivity index (χ2n) is 14.7. The number of anilines is 5. The molecule has 4 amide bonds. The topological polar surface area (TPSA) is 88.7 Å². The summed E-state index contributed by atoms with van der Waals surface area (Å²) in [4.78, 5) is 29.0. The molecule has 0 bridgehead atoms. The highest BCUT2D eigenvalue weighted by Gasteiger charge is 2.16. The molecule has 8 nitrogen and oxygen atoms in total. The average Bonchev–Trinajstić information content (AvgIpc) is 3.06. The van der Waals surface area contributed by atoms with E-state index < -0.39 is 0 Å². The molecular weight excluding hydrogens is 608 g/mol. The third kappa shape index (κ3) is 11.7.